The third-order valence-corrected chi connectivity index (χ3v) is 8.54. The van der Waals surface area contributed by atoms with Gasteiger partial charge in [0.2, 0.25) is 0 Å². The molecule has 0 bridgehead atoms. The monoisotopic (exact) mass is 613 g/mol. The lowest BCUT2D eigenvalue weighted by atomic mass is 9.94. The molecule has 3 heteroatoms. The number of aromatic nitrogens is 3. The summed E-state index contributed by atoms with van der Waals surface area (Å²) in [5, 5.41) is 0. The Labute approximate surface area is 280 Å². The first kappa shape index (κ1) is 29.0. The largest absolute Gasteiger partial charge is 0.208 e. The van der Waals surface area contributed by atoms with Crippen molar-refractivity contribution in [3.8, 4) is 78.7 Å². The van der Waals surface area contributed by atoms with Crippen LogP contribution in [0.1, 0.15) is 0 Å². The Balaban J connectivity index is 1.21. The van der Waals surface area contributed by atoms with E-state index in [0.717, 1.165) is 38.9 Å². The van der Waals surface area contributed by atoms with Gasteiger partial charge in [-0.05, 0) is 62.7 Å². The van der Waals surface area contributed by atoms with E-state index in [4.69, 9.17) is 15.0 Å². The molecule has 1 heterocycles. The van der Waals surface area contributed by atoms with Gasteiger partial charge in [-0.3, -0.25) is 0 Å². The Hall–Kier alpha value is -6.45. The summed E-state index contributed by atoms with van der Waals surface area (Å²) in [6.45, 7) is 0. The lowest BCUT2D eigenvalue weighted by Crippen LogP contribution is -2.00. The summed E-state index contributed by atoms with van der Waals surface area (Å²) in [5.74, 6) is 1.93. The Kier molecular flexibility index (Phi) is 7.92. The Morgan fingerprint density at radius 2 is 0.417 bits per heavy atom. The molecule has 0 saturated carbocycles. The standard InChI is InChI=1S/C45H31N3/c1-5-13-32(14-6-1)34-21-23-35(24-22-34)36-25-27-37(28-26-36)41-29-40(33-15-7-2-8-16-33)30-42(31-41)45-47-43(38-17-9-3-10-18-38)46-44(48-45)39-19-11-4-12-20-39/h1-31H. The molecule has 7 aromatic carbocycles. The van der Waals surface area contributed by atoms with Crippen molar-refractivity contribution < 1.29 is 0 Å². The van der Waals surface area contributed by atoms with Crippen LogP contribution in [-0.4, -0.2) is 15.0 Å². The number of benzene rings is 7. The van der Waals surface area contributed by atoms with Gasteiger partial charge in [-0.15, -0.1) is 0 Å². The van der Waals surface area contributed by atoms with Crippen molar-refractivity contribution in [2.45, 2.75) is 0 Å². The minimum absolute atomic E-state index is 0.636. The minimum atomic E-state index is 0.636. The molecule has 0 N–H and O–H groups in total. The summed E-state index contributed by atoms with van der Waals surface area (Å²) in [4.78, 5) is 15.0. The first-order chi connectivity index (χ1) is 23.8. The fourth-order valence-corrected chi connectivity index (χ4v) is 6.00. The third-order valence-electron chi connectivity index (χ3n) is 8.54. The van der Waals surface area contributed by atoms with E-state index in [1.165, 1.54) is 22.3 Å². The van der Waals surface area contributed by atoms with Crippen LogP contribution in [0.5, 0.6) is 0 Å². The van der Waals surface area contributed by atoms with Crippen LogP contribution in [0.25, 0.3) is 78.7 Å². The van der Waals surface area contributed by atoms with Crippen molar-refractivity contribution in [2.75, 3.05) is 0 Å². The molecule has 0 unspecified atom stereocenters. The van der Waals surface area contributed by atoms with Crippen LogP contribution >= 0.6 is 0 Å². The van der Waals surface area contributed by atoms with Gasteiger partial charge in [0.25, 0.3) is 0 Å². The summed E-state index contributed by atoms with van der Waals surface area (Å²) < 4.78 is 0. The molecule has 1 aromatic heterocycles. The van der Waals surface area contributed by atoms with Crippen LogP contribution in [0.2, 0.25) is 0 Å². The molecule has 0 amide bonds. The SMILES string of the molecule is c1ccc(-c2ccc(-c3ccc(-c4cc(-c5ccccc5)cc(-c5nc(-c6ccccc6)nc(-c6ccccc6)n5)c4)cc3)cc2)cc1. The number of hydrogen-bond acceptors (Lipinski definition) is 3. The second-order valence-electron chi connectivity index (χ2n) is 11.7. The summed E-state index contributed by atoms with van der Waals surface area (Å²) in [7, 11) is 0. The molecule has 0 spiro atoms. The smallest absolute Gasteiger partial charge is 0.164 e. The Morgan fingerprint density at radius 1 is 0.188 bits per heavy atom. The van der Waals surface area contributed by atoms with Crippen LogP contribution in [0.4, 0.5) is 0 Å². The summed E-state index contributed by atoms with van der Waals surface area (Å²) >= 11 is 0. The normalized spacial score (nSPS) is 10.9. The lowest BCUT2D eigenvalue weighted by Gasteiger charge is -2.13. The highest BCUT2D eigenvalue weighted by molar-refractivity contribution is 5.81. The highest BCUT2D eigenvalue weighted by Gasteiger charge is 2.15. The van der Waals surface area contributed by atoms with Crippen molar-refractivity contribution >= 4 is 0 Å². The van der Waals surface area contributed by atoms with Crippen molar-refractivity contribution in [1.29, 1.82) is 0 Å². The first-order valence-corrected chi connectivity index (χ1v) is 16.1. The molecule has 0 saturated heterocycles. The van der Waals surface area contributed by atoms with Crippen molar-refractivity contribution in [3.63, 3.8) is 0 Å². The fraction of sp³-hybridized carbons (Fsp3) is 0. The molecule has 0 aliphatic heterocycles. The summed E-state index contributed by atoms with van der Waals surface area (Å²) in [6, 6.07) is 65.4. The molecule has 0 fully saturated rings. The van der Waals surface area contributed by atoms with Gasteiger partial charge >= 0.3 is 0 Å². The van der Waals surface area contributed by atoms with Crippen molar-refractivity contribution in [1.82, 2.24) is 15.0 Å². The van der Waals surface area contributed by atoms with E-state index in [1.807, 2.05) is 72.8 Å². The van der Waals surface area contributed by atoms with Gasteiger partial charge in [0.1, 0.15) is 0 Å². The zero-order valence-electron chi connectivity index (χ0n) is 26.2. The molecular weight excluding hydrogens is 583 g/mol. The second-order valence-corrected chi connectivity index (χ2v) is 11.7. The molecule has 48 heavy (non-hydrogen) atoms. The summed E-state index contributed by atoms with van der Waals surface area (Å²) in [5.41, 5.74) is 12.1. The van der Waals surface area contributed by atoms with E-state index in [9.17, 15) is 0 Å². The van der Waals surface area contributed by atoms with E-state index < -0.39 is 0 Å². The van der Waals surface area contributed by atoms with Crippen LogP contribution < -0.4 is 0 Å². The van der Waals surface area contributed by atoms with Gasteiger partial charge in [-0.1, -0.05) is 170 Å². The highest BCUT2D eigenvalue weighted by Crippen LogP contribution is 2.34. The minimum Gasteiger partial charge on any atom is -0.208 e. The molecule has 3 nitrogen and oxygen atoms in total. The van der Waals surface area contributed by atoms with E-state index in [0.29, 0.717) is 17.5 Å². The molecule has 0 radical (unpaired) electrons. The van der Waals surface area contributed by atoms with Gasteiger partial charge in [-0.25, -0.2) is 15.0 Å². The fourth-order valence-electron chi connectivity index (χ4n) is 6.00. The van der Waals surface area contributed by atoms with Crippen LogP contribution in [-0.2, 0) is 0 Å². The molecule has 0 atom stereocenters. The maximum absolute atomic E-state index is 5.03. The van der Waals surface area contributed by atoms with E-state index in [2.05, 4.69) is 115 Å². The van der Waals surface area contributed by atoms with Gasteiger partial charge in [0.05, 0.1) is 0 Å². The first-order valence-electron chi connectivity index (χ1n) is 16.1. The maximum Gasteiger partial charge on any atom is 0.164 e. The molecule has 226 valence electrons. The van der Waals surface area contributed by atoms with Gasteiger partial charge in [0.15, 0.2) is 17.5 Å². The predicted molar refractivity (Wildman–Crippen MR) is 198 cm³/mol. The van der Waals surface area contributed by atoms with Crippen molar-refractivity contribution in [3.05, 3.63) is 188 Å². The zero-order valence-corrected chi connectivity index (χ0v) is 26.2. The summed E-state index contributed by atoms with van der Waals surface area (Å²) in [6.07, 6.45) is 0. The van der Waals surface area contributed by atoms with Gasteiger partial charge in [0, 0.05) is 16.7 Å². The number of nitrogens with zero attached hydrogens (tertiary/aromatic N) is 3. The van der Waals surface area contributed by atoms with E-state index in [1.54, 1.807) is 0 Å². The Morgan fingerprint density at radius 3 is 0.771 bits per heavy atom. The molecule has 8 aromatic rings. The quantitative estimate of drug-likeness (QED) is 0.179. The average molecular weight is 614 g/mol. The van der Waals surface area contributed by atoms with Gasteiger partial charge in [-0.2, -0.15) is 0 Å². The number of hydrogen-bond donors (Lipinski definition) is 0. The average Bonchev–Trinajstić information content (AvgIpc) is 3.19. The zero-order chi connectivity index (χ0) is 32.1. The van der Waals surface area contributed by atoms with Crippen molar-refractivity contribution in [2.24, 2.45) is 0 Å². The molecular formula is C45H31N3. The maximum atomic E-state index is 5.03. The Bertz CT molecular complexity index is 2230. The van der Waals surface area contributed by atoms with Crippen LogP contribution in [0.15, 0.2) is 188 Å². The lowest BCUT2D eigenvalue weighted by molar-refractivity contribution is 1.07. The highest BCUT2D eigenvalue weighted by atomic mass is 15.0. The van der Waals surface area contributed by atoms with E-state index >= 15 is 0 Å². The molecule has 0 aliphatic rings. The third kappa shape index (κ3) is 6.18. The van der Waals surface area contributed by atoms with Gasteiger partial charge < -0.3 is 0 Å². The van der Waals surface area contributed by atoms with E-state index in [-0.39, 0.29) is 0 Å². The van der Waals surface area contributed by atoms with Crippen LogP contribution in [0, 0.1) is 0 Å². The van der Waals surface area contributed by atoms with Crippen LogP contribution in [0.3, 0.4) is 0 Å². The number of rotatable bonds is 7. The topological polar surface area (TPSA) is 38.7 Å². The second kappa shape index (κ2) is 13.1. The predicted octanol–water partition coefficient (Wildman–Crippen LogP) is 11.5. The molecule has 0 aliphatic carbocycles. The molecule has 8 rings (SSSR count).